The Kier molecular flexibility index (Phi) is 17.3. The maximum absolute atomic E-state index is 9.75. The summed E-state index contributed by atoms with van der Waals surface area (Å²) in [6, 6.07) is 6.89. The van der Waals surface area contributed by atoms with Crippen LogP contribution in [0.25, 0.3) is 0 Å². The molecule has 0 bridgehead atoms. The fourth-order valence-corrected chi connectivity index (χ4v) is 2.78. The zero-order valence-corrected chi connectivity index (χ0v) is 17.0. The van der Waals surface area contributed by atoms with Crippen molar-refractivity contribution in [3.8, 4) is 0 Å². The quantitative estimate of drug-likeness (QED) is 0.296. The summed E-state index contributed by atoms with van der Waals surface area (Å²) in [6.07, 6.45) is 5.55. The molecular weight excluding hydrogens is 431 g/mol. The van der Waals surface area contributed by atoms with E-state index in [1.54, 1.807) is 0 Å². The molecule has 12 heteroatoms. The minimum atomic E-state index is -6.00. The van der Waals surface area contributed by atoms with Crippen LogP contribution in [0.3, 0.4) is 0 Å². The molecule has 6 nitrogen and oxygen atoms in total. The third-order valence-corrected chi connectivity index (χ3v) is 3.98. The van der Waals surface area contributed by atoms with Crippen LogP contribution in [0.1, 0.15) is 32.4 Å². The summed E-state index contributed by atoms with van der Waals surface area (Å²) in [5.74, 6) is 0. The Morgan fingerprint density at radius 3 is 2.04 bits per heavy atom. The van der Waals surface area contributed by atoms with Crippen molar-refractivity contribution in [2.24, 2.45) is 5.34 Å². The molecule has 1 aliphatic rings. The van der Waals surface area contributed by atoms with Crippen molar-refractivity contribution in [3.05, 3.63) is 40.2 Å². The fourth-order valence-electron chi connectivity index (χ4n) is 2.78. The van der Waals surface area contributed by atoms with Gasteiger partial charge in [0.25, 0.3) is 0 Å². The molecule has 1 aromatic rings. The van der Waals surface area contributed by atoms with Crippen LogP contribution in [0, 0.1) is 10.1 Å². The van der Waals surface area contributed by atoms with Gasteiger partial charge in [0.15, 0.2) is 0 Å². The Hall–Kier alpha value is -1.23. The van der Waals surface area contributed by atoms with Gasteiger partial charge in [0.1, 0.15) is 0 Å². The van der Waals surface area contributed by atoms with Crippen molar-refractivity contribution in [1.29, 1.82) is 0 Å². The standard InChI is InChI=1S/C16H27N3.BF4.Cu.HNO2/c1-15(2)19-12-5-10-18(11-6-13-19)14-8-16-7-3-4-9-17-16;2-1(3,4)5;;2-1-3/h3-4,7,9,15H,5-6,8,10-14H2,1-2H3;;;(H,2,3)/q;-1;+2;/p-1. The van der Waals surface area contributed by atoms with Crippen molar-refractivity contribution in [2.75, 3.05) is 32.7 Å². The Morgan fingerprint density at radius 1 is 1.14 bits per heavy atom. The van der Waals surface area contributed by atoms with Crippen LogP contribution < -0.4 is 0 Å². The van der Waals surface area contributed by atoms with Gasteiger partial charge in [0, 0.05) is 30.9 Å². The number of hydrogen-bond donors (Lipinski definition) is 0. The molecular formula is C16H27BCuF4N4O2. The van der Waals surface area contributed by atoms with E-state index >= 15 is 0 Å². The molecule has 0 atom stereocenters. The predicted molar refractivity (Wildman–Crippen MR) is 99.7 cm³/mol. The van der Waals surface area contributed by atoms with Crippen molar-refractivity contribution in [3.63, 3.8) is 0 Å². The SMILES string of the molecule is CC(C)N1CCCN(CCc2ccccn2)CCC1.F[B-](F)(F)F.O=N[O-].[Cu+2]. The number of nitrogens with zero attached hydrogens (tertiary/aromatic N) is 4. The summed E-state index contributed by atoms with van der Waals surface area (Å²) in [5, 5.41) is 9.00. The van der Waals surface area contributed by atoms with E-state index < -0.39 is 7.25 Å². The maximum Gasteiger partial charge on any atom is 2.00 e. The first-order valence-corrected chi connectivity index (χ1v) is 8.86. The first kappa shape index (κ1) is 29.0. The van der Waals surface area contributed by atoms with Gasteiger partial charge in [-0.2, -0.15) is 0 Å². The monoisotopic (exact) mass is 457 g/mol. The van der Waals surface area contributed by atoms with Crippen LogP contribution in [0.5, 0.6) is 0 Å². The average Bonchev–Trinajstić information content (AvgIpc) is 2.54. The first-order valence-electron chi connectivity index (χ1n) is 8.86. The predicted octanol–water partition coefficient (Wildman–Crippen LogP) is 3.98. The molecule has 2 rings (SSSR count). The van der Waals surface area contributed by atoms with E-state index in [1.165, 1.54) is 44.7 Å². The van der Waals surface area contributed by atoms with E-state index in [2.05, 4.69) is 40.8 Å². The molecule has 2 heterocycles. The number of halogens is 4. The largest absolute Gasteiger partial charge is 2.00 e. The Bertz CT molecular complexity index is 485. The molecule has 0 aliphatic carbocycles. The van der Waals surface area contributed by atoms with E-state index in [0.29, 0.717) is 6.04 Å². The fraction of sp³-hybridized carbons (Fsp3) is 0.688. The minimum absolute atomic E-state index is 0. The second-order valence-corrected chi connectivity index (χ2v) is 6.32. The normalized spacial score (nSPS) is 15.7. The van der Waals surface area contributed by atoms with Gasteiger partial charge in [-0.3, -0.25) is 4.98 Å². The molecule has 28 heavy (non-hydrogen) atoms. The summed E-state index contributed by atoms with van der Waals surface area (Å²) in [6.45, 7) is 10.7. The zero-order valence-electron chi connectivity index (χ0n) is 16.0. The van der Waals surface area contributed by atoms with Gasteiger partial charge < -0.3 is 37.2 Å². The van der Waals surface area contributed by atoms with E-state index in [0.717, 1.165) is 18.3 Å². The molecule has 0 amide bonds. The van der Waals surface area contributed by atoms with Crippen molar-refractivity contribution >= 4 is 7.25 Å². The molecule has 0 aromatic carbocycles. The summed E-state index contributed by atoms with van der Waals surface area (Å²) in [7, 11) is -6.00. The topological polar surface area (TPSA) is 71.9 Å². The third kappa shape index (κ3) is 18.2. The van der Waals surface area contributed by atoms with Crippen LogP contribution >= 0.6 is 0 Å². The van der Waals surface area contributed by atoms with E-state index in [-0.39, 0.29) is 17.1 Å². The van der Waals surface area contributed by atoms with E-state index in [9.17, 15) is 17.3 Å². The van der Waals surface area contributed by atoms with Crippen molar-refractivity contribution in [1.82, 2.24) is 14.8 Å². The average molecular weight is 458 g/mol. The van der Waals surface area contributed by atoms with Gasteiger partial charge in [-0.05, 0) is 65.0 Å². The number of pyridine rings is 1. The summed E-state index contributed by atoms with van der Waals surface area (Å²) >= 11 is 0. The number of hydrogen-bond acceptors (Lipinski definition) is 6. The third-order valence-electron chi connectivity index (χ3n) is 3.98. The maximum atomic E-state index is 9.75. The summed E-state index contributed by atoms with van der Waals surface area (Å²) in [5.41, 5.74) is 1.22. The molecule has 1 fully saturated rings. The van der Waals surface area contributed by atoms with Crippen LogP contribution in [0.4, 0.5) is 17.3 Å². The van der Waals surface area contributed by atoms with E-state index in [1.807, 2.05) is 12.3 Å². The van der Waals surface area contributed by atoms with Crippen LogP contribution in [0.15, 0.2) is 29.7 Å². The zero-order chi connectivity index (χ0) is 20.7. The van der Waals surface area contributed by atoms with Gasteiger partial charge in [-0.25, -0.2) is 0 Å². The Morgan fingerprint density at radius 2 is 1.64 bits per heavy atom. The second-order valence-electron chi connectivity index (χ2n) is 6.32. The minimum Gasteiger partial charge on any atom is -0.444 e. The van der Waals surface area contributed by atoms with E-state index in [4.69, 9.17) is 10.1 Å². The molecule has 165 valence electrons. The van der Waals surface area contributed by atoms with Crippen molar-refractivity contribution in [2.45, 2.75) is 39.2 Å². The molecule has 0 saturated carbocycles. The molecule has 0 N–H and O–H groups in total. The molecule has 0 spiro atoms. The van der Waals surface area contributed by atoms with Gasteiger partial charge in [0.05, 0.1) is 0 Å². The number of aromatic nitrogens is 1. The van der Waals surface area contributed by atoms with Crippen LogP contribution in [-0.2, 0) is 23.5 Å². The Balaban J connectivity index is 0. The van der Waals surface area contributed by atoms with Crippen LogP contribution in [0.2, 0.25) is 0 Å². The summed E-state index contributed by atoms with van der Waals surface area (Å²) < 4.78 is 39.0. The molecule has 1 aromatic heterocycles. The molecule has 0 unspecified atom stereocenters. The van der Waals surface area contributed by atoms with Gasteiger partial charge in [-0.1, -0.05) is 6.07 Å². The molecule has 1 radical (unpaired) electrons. The van der Waals surface area contributed by atoms with Gasteiger partial charge in [0.2, 0.25) is 0 Å². The first-order chi connectivity index (χ1) is 12.7. The molecule has 1 aliphatic heterocycles. The van der Waals surface area contributed by atoms with Crippen molar-refractivity contribution < 1.29 is 34.3 Å². The smallest absolute Gasteiger partial charge is 0.444 e. The number of rotatable bonds is 4. The van der Waals surface area contributed by atoms with Crippen LogP contribution in [-0.4, -0.2) is 60.8 Å². The Labute approximate surface area is 174 Å². The summed E-state index contributed by atoms with van der Waals surface area (Å²) in [4.78, 5) is 17.6. The second kappa shape index (κ2) is 16.7. The van der Waals surface area contributed by atoms with Gasteiger partial charge in [-0.15, -0.1) is 5.34 Å². The van der Waals surface area contributed by atoms with Gasteiger partial charge >= 0.3 is 24.3 Å². The molecule has 1 saturated heterocycles.